The molecule has 0 saturated heterocycles. The number of aromatic nitrogens is 1. The number of aromatic amines is 1. The highest BCUT2D eigenvalue weighted by molar-refractivity contribution is 7.89. The van der Waals surface area contributed by atoms with Crippen molar-refractivity contribution in [3.63, 3.8) is 0 Å². The minimum absolute atomic E-state index is 0.220. The van der Waals surface area contributed by atoms with Gasteiger partial charge < -0.3 is 10.7 Å². The largest absolute Gasteiger partial charge is 0.399 e. The van der Waals surface area contributed by atoms with Crippen molar-refractivity contribution >= 4 is 38.0 Å². The number of aryl methyl sites for hydroxylation is 1. The smallest absolute Gasteiger partial charge is 0.243 e. The Morgan fingerprint density at radius 2 is 2.10 bits per heavy atom. The van der Waals surface area contributed by atoms with Crippen LogP contribution in [0.2, 0.25) is 0 Å². The highest BCUT2D eigenvalue weighted by Crippen LogP contribution is 2.25. The summed E-state index contributed by atoms with van der Waals surface area (Å²) >= 11 is 1.58. The third-order valence-corrected chi connectivity index (χ3v) is 5.63. The minimum Gasteiger partial charge on any atom is -0.399 e. The number of nitrogen functional groups attached to an aromatic ring is 1. The van der Waals surface area contributed by atoms with E-state index in [0.717, 1.165) is 15.3 Å². The number of H-pyrrole nitrogens is 1. The summed E-state index contributed by atoms with van der Waals surface area (Å²) in [5.74, 6) is 0. The lowest BCUT2D eigenvalue weighted by molar-refractivity contribution is 0.582. The van der Waals surface area contributed by atoms with Crippen molar-refractivity contribution in [2.45, 2.75) is 18.4 Å². The molecule has 0 bridgehead atoms. The first-order chi connectivity index (χ1) is 9.95. The second-order valence-electron chi connectivity index (χ2n) is 4.79. The maximum absolute atomic E-state index is 12.4. The van der Waals surface area contributed by atoms with Crippen LogP contribution in [0, 0.1) is 6.92 Å². The van der Waals surface area contributed by atoms with Gasteiger partial charge in [0.1, 0.15) is 4.90 Å². The number of anilines is 1. The predicted molar refractivity (Wildman–Crippen MR) is 85.8 cm³/mol. The number of nitrogens with two attached hydrogens (primary N) is 1. The van der Waals surface area contributed by atoms with Crippen LogP contribution in [0.15, 0.2) is 41.4 Å². The van der Waals surface area contributed by atoms with Gasteiger partial charge in [-0.3, -0.25) is 0 Å². The molecule has 0 aliphatic heterocycles. The van der Waals surface area contributed by atoms with Crippen molar-refractivity contribution in [1.29, 1.82) is 0 Å². The van der Waals surface area contributed by atoms with Gasteiger partial charge in [-0.05, 0) is 37.3 Å². The molecule has 5 nitrogen and oxygen atoms in total. The van der Waals surface area contributed by atoms with E-state index in [2.05, 4.69) is 9.71 Å². The lowest BCUT2D eigenvalue weighted by Crippen LogP contribution is -2.22. The van der Waals surface area contributed by atoms with E-state index in [1.807, 2.05) is 19.1 Å². The van der Waals surface area contributed by atoms with Crippen molar-refractivity contribution in [1.82, 2.24) is 9.71 Å². The third-order valence-electron chi connectivity index (χ3n) is 3.19. The Bertz CT molecular complexity index is 894. The normalized spacial score (nSPS) is 12.0. The Hall–Kier alpha value is -1.83. The van der Waals surface area contributed by atoms with Crippen molar-refractivity contribution in [2.75, 3.05) is 5.73 Å². The van der Waals surface area contributed by atoms with Crippen molar-refractivity contribution in [2.24, 2.45) is 0 Å². The molecule has 0 radical (unpaired) electrons. The van der Waals surface area contributed by atoms with Gasteiger partial charge >= 0.3 is 0 Å². The molecule has 0 aliphatic carbocycles. The van der Waals surface area contributed by atoms with Crippen LogP contribution >= 0.6 is 11.3 Å². The van der Waals surface area contributed by atoms with Gasteiger partial charge in [0.15, 0.2) is 0 Å². The number of sulfonamides is 1. The molecule has 2 aromatic heterocycles. The number of hydrogen-bond donors (Lipinski definition) is 3. The minimum atomic E-state index is -3.58. The van der Waals surface area contributed by atoms with Gasteiger partial charge in [0.05, 0.1) is 0 Å². The Balaban J connectivity index is 1.91. The van der Waals surface area contributed by atoms with Gasteiger partial charge in [-0.15, -0.1) is 11.3 Å². The summed E-state index contributed by atoms with van der Waals surface area (Å²) < 4.78 is 27.5. The zero-order valence-electron chi connectivity index (χ0n) is 11.4. The van der Waals surface area contributed by atoms with E-state index in [9.17, 15) is 8.42 Å². The molecule has 3 aromatic rings. The van der Waals surface area contributed by atoms with Crippen molar-refractivity contribution in [3.8, 4) is 0 Å². The van der Waals surface area contributed by atoms with E-state index < -0.39 is 10.0 Å². The molecule has 110 valence electrons. The van der Waals surface area contributed by atoms with Crippen LogP contribution in [-0.4, -0.2) is 13.4 Å². The monoisotopic (exact) mass is 321 g/mol. The molecule has 0 spiro atoms. The summed E-state index contributed by atoms with van der Waals surface area (Å²) in [7, 11) is -3.58. The number of nitrogens with one attached hydrogen (secondary N) is 2. The number of hydrogen-bond acceptors (Lipinski definition) is 4. The molecule has 0 unspecified atom stereocenters. The number of thiophene rings is 1. The summed E-state index contributed by atoms with van der Waals surface area (Å²) in [6.07, 6.45) is 1.49. The van der Waals surface area contributed by atoms with Gasteiger partial charge in [-0.2, -0.15) is 0 Å². The second-order valence-corrected chi connectivity index (χ2v) is 7.90. The van der Waals surface area contributed by atoms with Gasteiger partial charge in [0.2, 0.25) is 10.0 Å². The summed E-state index contributed by atoms with van der Waals surface area (Å²) in [6, 6.07) is 9.06. The van der Waals surface area contributed by atoms with Gasteiger partial charge in [0, 0.05) is 39.1 Å². The summed E-state index contributed by atoms with van der Waals surface area (Å²) in [5.41, 5.74) is 7.02. The first-order valence-corrected chi connectivity index (χ1v) is 8.67. The summed E-state index contributed by atoms with van der Waals surface area (Å²) in [6.45, 7) is 2.28. The maximum Gasteiger partial charge on any atom is 0.243 e. The second kappa shape index (κ2) is 5.18. The van der Waals surface area contributed by atoms with E-state index >= 15 is 0 Å². The molecule has 4 N–H and O–H groups in total. The lowest BCUT2D eigenvalue weighted by atomic mass is 10.2. The highest BCUT2D eigenvalue weighted by Gasteiger charge is 2.19. The van der Waals surface area contributed by atoms with E-state index in [-0.39, 0.29) is 11.4 Å². The predicted octanol–water partition coefficient (Wildman–Crippen LogP) is 2.60. The molecule has 1 aromatic carbocycles. The van der Waals surface area contributed by atoms with E-state index in [1.54, 1.807) is 29.5 Å². The summed E-state index contributed by atoms with van der Waals surface area (Å²) in [5, 5.41) is 0.602. The third kappa shape index (κ3) is 2.80. The van der Waals surface area contributed by atoms with E-state index in [4.69, 9.17) is 5.73 Å². The quantitative estimate of drug-likeness (QED) is 0.645. The van der Waals surface area contributed by atoms with Crippen molar-refractivity contribution < 1.29 is 8.42 Å². The van der Waals surface area contributed by atoms with Crippen molar-refractivity contribution in [3.05, 3.63) is 46.3 Å². The maximum atomic E-state index is 12.4. The highest BCUT2D eigenvalue weighted by atomic mass is 32.2. The SMILES string of the molecule is Cc1ccc(CNS(=O)(=O)c2c[nH]c3ccc(N)cc23)s1. The first kappa shape index (κ1) is 14.1. The van der Waals surface area contributed by atoms with Gasteiger partial charge in [0.25, 0.3) is 0 Å². The zero-order chi connectivity index (χ0) is 15.0. The number of rotatable bonds is 4. The molecule has 3 rings (SSSR count). The molecule has 0 fully saturated rings. The fourth-order valence-electron chi connectivity index (χ4n) is 2.16. The van der Waals surface area contributed by atoms with Crippen LogP contribution in [0.3, 0.4) is 0 Å². The van der Waals surface area contributed by atoms with Crippen LogP contribution in [-0.2, 0) is 16.6 Å². The molecule has 0 atom stereocenters. The Labute approximate surface area is 126 Å². The fourth-order valence-corrected chi connectivity index (χ4v) is 4.25. The molecule has 0 saturated carbocycles. The summed E-state index contributed by atoms with van der Waals surface area (Å²) in [4.78, 5) is 5.31. The zero-order valence-corrected chi connectivity index (χ0v) is 13.0. The molecular formula is C14H15N3O2S2. The van der Waals surface area contributed by atoms with Crippen LogP contribution in [0.1, 0.15) is 9.75 Å². The van der Waals surface area contributed by atoms with Crippen LogP contribution < -0.4 is 10.5 Å². The van der Waals surface area contributed by atoms with Gasteiger partial charge in [-0.25, -0.2) is 13.1 Å². The average molecular weight is 321 g/mol. The molecule has 21 heavy (non-hydrogen) atoms. The fraction of sp³-hybridized carbons (Fsp3) is 0.143. The molecule has 7 heteroatoms. The lowest BCUT2D eigenvalue weighted by Gasteiger charge is -2.04. The van der Waals surface area contributed by atoms with Crippen LogP contribution in [0.4, 0.5) is 5.69 Å². The van der Waals surface area contributed by atoms with Gasteiger partial charge in [-0.1, -0.05) is 0 Å². The van der Waals surface area contributed by atoms with Crippen LogP contribution in [0.5, 0.6) is 0 Å². The Morgan fingerprint density at radius 1 is 1.29 bits per heavy atom. The Morgan fingerprint density at radius 3 is 2.81 bits per heavy atom. The molecular weight excluding hydrogens is 306 g/mol. The average Bonchev–Trinajstić information content (AvgIpc) is 3.02. The topological polar surface area (TPSA) is 88.0 Å². The molecule has 2 heterocycles. The first-order valence-electron chi connectivity index (χ1n) is 6.37. The molecule has 0 aliphatic rings. The van der Waals surface area contributed by atoms with Crippen LogP contribution in [0.25, 0.3) is 10.9 Å². The number of benzene rings is 1. The van der Waals surface area contributed by atoms with E-state index in [0.29, 0.717) is 11.1 Å². The standard InChI is InChI=1S/C14H15N3O2S2/c1-9-2-4-11(20-9)7-17-21(18,19)14-8-16-13-5-3-10(15)6-12(13)14/h2-6,8,16-17H,7,15H2,1H3. The van der Waals surface area contributed by atoms with E-state index in [1.165, 1.54) is 6.20 Å². The number of fused-ring (bicyclic) bond motifs is 1. The molecule has 0 amide bonds. The Kier molecular flexibility index (Phi) is 3.48.